The molecule has 0 atom stereocenters. The lowest BCUT2D eigenvalue weighted by molar-refractivity contribution is 0.446. The van der Waals surface area contributed by atoms with Crippen molar-refractivity contribution in [1.82, 2.24) is 0 Å². The van der Waals surface area contributed by atoms with E-state index in [4.69, 9.17) is 0 Å². The predicted molar refractivity (Wildman–Crippen MR) is 173 cm³/mol. The summed E-state index contributed by atoms with van der Waals surface area (Å²) in [7, 11) is 0. The molecule has 1 aliphatic rings. The molecule has 0 spiro atoms. The summed E-state index contributed by atoms with van der Waals surface area (Å²) in [4.78, 5) is 0. The molecule has 6 aromatic carbocycles. The Kier molecular flexibility index (Phi) is 6.83. The lowest BCUT2D eigenvalue weighted by Crippen LogP contribution is -2.27. The van der Waals surface area contributed by atoms with Crippen LogP contribution in [0.4, 0.5) is 0 Å². The van der Waals surface area contributed by atoms with Crippen molar-refractivity contribution in [2.75, 3.05) is 0 Å². The molecule has 1 aliphatic carbocycles. The standard InChI is InChI=1S/C41H34/c1-4-12-31(13-5-1)26-28-41(29-27-32-14-6-2-7-15-32)39-19-11-10-18-37(39)38-25-24-36(30-40(38)41)35-22-20-34(21-23-35)33-16-8-3-9-17-33/h1-25,30H,26-29H2. The van der Waals surface area contributed by atoms with Crippen molar-refractivity contribution < 1.29 is 0 Å². The van der Waals surface area contributed by atoms with Crippen molar-refractivity contribution in [2.24, 2.45) is 0 Å². The molecule has 0 nitrogen and oxygen atoms in total. The van der Waals surface area contributed by atoms with E-state index in [0.29, 0.717) is 0 Å². The lowest BCUT2D eigenvalue weighted by Gasteiger charge is -2.33. The minimum atomic E-state index is -0.0440. The van der Waals surface area contributed by atoms with Crippen LogP contribution in [0.25, 0.3) is 33.4 Å². The maximum Gasteiger partial charge on any atom is 0.0221 e. The number of benzene rings is 6. The zero-order valence-electron chi connectivity index (χ0n) is 23.3. The van der Waals surface area contributed by atoms with Gasteiger partial charge in [0.1, 0.15) is 0 Å². The van der Waals surface area contributed by atoms with Gasteiger partial charge in [0.15, 0.2) is 0 Å². The molecule has 0 aromatic heterocycles. The van der Waals surface area contributed by atoms with Crippen LogP contribution in [-0.2, 0) is 18.3 Å². The van der Waals surface area contributed by atoms with Crippen LogP contribution < -0.4 is 0 Å². The summed E-state index contributed by atoms with van der Waals surface area (Å²) in [5.41, 5.74) is 13.6. The van der Waals surface area contributed by atoms with E-state index >= 15 is 0 Å². The van der Waals surface area contributed by atoms with Gasteiger partial charge in [-0.1, -0.05) is 152 Å². The van der Waals surface area contributed by atoms with Gasteiger partial charge in [0.05, 0.1) is 0 Å². The second kappa shape index (κ2) is 11.1. The Morgan fingerprint density at radius 3 is 1.39 bits per heavy atom. The molecule has 0 saturated carbocycles. The summed E-state index contributed by atoms with van der Waals surface area (Å²) >= 11 is 0. The van der Waals surface area contributed by atoms with Gasteiger partial charge in [-0.3, -0.25) is 0 Å². The molecule has 41 heavy (non-hydrogen) atoms. The molecule has 0 fully saturated rings. The molecule has 198 valence electrons. The fourth-order valence-corrected chi connectivity index (χ4v) is 6.79. The molecule has 0 amide bonds. The van der Waals surface area contributed by atoms with Gasteiger partial charge >= 0.3 is 0 Å². The zero-order valence-corrected chi connectivity index (χ0v) is 23.3. The highest BCUT2D eigenvalue weighted by molar-refractivity contribution is 5.84. The molecular formula is C41H34. The topological polar surface area (TPSA) is 0 Å². The van der Waals surface area contributed by atoms with E-state index in [1.807, 2.05) is 0 Å². The maximum atomic E-state index is 2.50. The Hall–Kier alpha value is -4.68. The van der Waals surface area contributed by atoms with E-state index in [-0.39, 0.29) is 5.41 Å². The highest BCUT2D eigenvalue weighted by atomic mass is 14.4. The quantitative estimate of drug-likeness (QED) is 0.185. The Balaban J connectivity index is 1.31. The van der Waals surface area contributed by atoms with Crippen LogP contribution in [0.3, 0.4) is 0 Å². The van der Waals surface area contributed by atoms with Gasteiger partial charge in [0, 0.05) is 5.41 Å². The van der Waals surface area contributed by atoms with Crippen LogP contribution in [0.2, 0.25) is 0 Å². The van der Waals surface area contributed by atoms with Crippen LogP contribution in [0.15, 0.2) is 158 Å². The third-order valence-electron chi connectivity index (χ3n) is 8.96. The highest BCUT2D eigenvalue weighted by Crippen LogP contribution is 2.54. The Morgan fingerprint density at radius 1 is 0.341 bits per heavy atom. The highest BCUT2D eigenvalue weighted by Gasteiger charge is 2.42. The van der Waals surface area contributed by atoms with Gasteiger partial charge in [-0.05, 0) is 87.4 Å². The fourth-order valence-electron chi connectivity index (χ4n) is 6.79. The van der Waals surface area contributed by atoms with E-state index in [1.54, 1.807) is 0 Å². The Bertz CT molecular complexity index is 1700. The first-order valence-corrected chi connectivity index (χ1v) is 14.8. The molecule has 6 aromatic rings. The van der Waals surface area contributed by atoms with Gasteiger partial charge in [0.2, 0.25) is 0 Å². The third kappa shape index (κ3) is 4.92. The van der Waals surface area contributed by atoms with Crippen molar-refractivity contribution in [1.29, 1.82) is 0 Å². The molecule has 0 heterocycles. The molecular weight excluding hydrogens is 492 g/mol. The summed E-state index contributed by atoms with van der Waals surface area (Å²) in [6.07, 6.45) is 4.29. The molecule has 0 heteroatoms. The van der Waals surface area contributed by atoms with Gasteiger partial charge in [-0.2, -0.15) is 0 Å². The Labute approximate surface area is 244 Å². The molecule has 0 saturated heterocycles. The first-order chi connectivity index (χ1) is 20.3. The fraction of sp³-hybridized carbons (Fsp3) is 0.122. The van der Waals surface area contributed by atoms with Crippen molar-refractivity contribution in [3.63, 3.8) is 0 Å². The van der Waals surface area contributed by atoms with Crippen LogP contribution in [-0.4, -0.2) is 0 Å². The summed E-state index contributed by atoms with van der Waals surface area (Å²) in [5, 5.41) is 0. The first-order valence-electron chi connectivity index (χ1n) is 14.8. The molecule has 0 radical (unpaired) electrons. The predicted octanol–water partition coefficient (Wildman–Crippen LogP) is 10.6. The van der Waals surface area contributed by atoms with E-state index < -0.39 is 0 Å². The van der Waals surface area contributed by atoms with E-state index in [2.05, 4.69) is 158 Å². The average molecular weight is 527 g/mol. The largest absolute Gasteiger partial charge is 0.0622 e. The van der Waals surface area contributed by atoms with E-state index in [1.165, 1.54) is 55.6 Å². The van der Waals surface area contributed by atoms with Crippen molar-refractivity contribution >= 4 is 0 Å². The number of rotatable bonds is 8. The van der Waals surface area contributed by atoms with E-state index in [9.17, 15) is 0 Å². The van der Waals surface area contributed by atoms with Crippen molar-refractivity contribution in [2.45, 2.75) is 31.1 Å². The minimum Gasteiger partial charge on any atom is -0.0622 e. The smallest absolute Gasteiger partial charge is 0.0221 e. The summed E-state index contributed by atoms with van der Waals surface area (Å²) in [5.74, 6) is 0. The SMILES string of the molecule is c1ccc(CCC2(CCc3ccccc3)c3ccccc3-c3ccc(-c4ccc(-c5ccccc5)cc4)cc32)cc1. The monoisotopic (exact) mass is 526 g/mol. The van der Waals surface area contributed by atoms with Gasteiger partial charge in [0.25, 0.3) is 0 Å². The summed E-state index contributed by atoms with van der Waals surface area (Å²) in [6.45, 7) is 0. The maximum absolute atomic E-state index is 2.50. The van der Waals surface area contributed by atoms with Gasteiger partial charge < -0.3 is 0 Å². The number of fused-ring (bicyclic) bond motifs is 3. The minimum absolute atomic E-state index is 0.0440. The zero-order chi connectivity index (χ0) is 27.5. The van der Waals surface area contributed by atoms with E-state index in [0.717, 1.165) is 25.7 Å². The van der Waals surface area contributed by atoms with Crippen molar-refractivity contribution in [3.8, 4) is 33.4 Å². The average Bonchev–Trinajstić information content (AvgIpc) is 3.33. The first kappa shape index (κ1) is 25.3. The summed E-state index contributed by atoms with van der Waals surface area (Å²) in [6, 6.07) is 58.0. The Morgan fingerprint density at radius 2 is 0.780 bits per heavy atom. The lowest BCUT2D eigenvalue weighted by atomic mass is 9.70. The van der Waals surface area contributed by atoms with Crippen LogP contribution in [0.5, 0.6) is 0 Å². The second-order valence-corrected chi connectivity index (χ2v) is 11.3. The third-order valence-corrected chi connectivity index (χ3v) is 8.96. The number of hydrogen-bond donors (Lipinski definition) is 0. The second-order valence-electron chi connectivity index (χ2n) is 11.3. The molecule has 7 rings (SSSR count). The molecule has 0 unspecified atom stereocenters. The van der Waals surface area contributed by atoms with Crippen LogP contribution >= 0.6 is 0 Å². The normalized spacial score (nSPS) is 13.0. The number of hydrogen-bond acceptors (Lipinski definition) is 0. The molecule has 0 aliphatic heterocycles. The van der Waals surface area contributed by atoms with Crippen LogP contribution in [0.1, 0.15) is 35.1 Å². The summed E-state index contributed by atoms with van der Waals surface area (Å²) < 4.78 is 0. The molecule has 0 bridgehead atoms. The van der Waals surface area contributed by atoms with Crippen molar-refractivity contribution in [3.05, 3.63) is 180 Å². The van der Waals surface area contributed by atoms with Gasteiger partial charge in [-0.15, -0.1) is 0 Å². The van der Waals surface area contributed by atoms with Crippen LogP contribution in [0, 0.1) is 0 Å². The van der Waals surface area contributed by atoms with Gasteiger partial charge in [-0.25, -0.2) is 0 Å². The number of aryl methyl sites for hydroxylation is 2. The molecule has 0 N–H and O–H groups in total.